The Morgan fingerprint density at radius 1 is 1.18 bits per heavy atom. The molecule has 1 aromatic heterocycles. The molecule has 1 aliphatic heterocycles. The highest BCUT2D eigenvalue weighted by Crippen LogP contribution is 2.35. The Hall–Kier alpha value is -2.57. The predicted molar refractivity (Wildman–Crippen MR) is 109 cm³/mol. The summed E-state index contributed by atoms with van der Waals surface area (Å²) in [6.45, 7) is 3.46. The lowest BCUT2D eigenvalue weighted by Gasteiger charge is -2.32. The van der Waals surface area contributed by atoms with Gasteiger partial charge in [0, 0.05) is 19.0 Å². The first-order valence-electron chi connectivity index (χ1n) is 10.5. The third-order valence-electron chi connectivity index (χ3n) is 5.64. The highest BCUT2D eigenvalue weighted by atomic mass is 16.4. The minimum Gasteiger partial charge on any atom is -0.423 e. The van der Waals surface area contributed by atoms with Gasteiger partial charge in [0.2, 0.25) is 11.8 Å². The highest BCUT2D eigenvalue weighted by Gasteiger charge is 2.24. The lowest BCUT2D eigenvalue weighted by atomic mass is 9.96. The van der Waals surface area contributed by atoms with Crippen LogP contribution in [0.1, 0.15) is 62.8 Å². The first kappa shape index (κ1) is 18.8. The maximum Gasteiger partial charge on any atom is 0.319 e. The van der Waals surface area contributed by atoms with E-state index in [2.05, 4.69) is 31.8 Å². The van der Waals surface area contributed by atoms with E-state index in [-0.39, 0.29) is 12.1 Å². The lowest BCUT2D eigenvalue weighted by Crippen LogP contribution is -2.39. The second-order valence-electron chi connectivity index (χ2n) is 7.71. The zero-order chi connectivity index (χ0) is 19.3. The molecule has 2 amide bonds. The monoisotopic (exact) mass is 383 g/mol. The number of anilines is 2. The van der Waals surface area contributed by atoms with Crippen LogP contribution >= 0.6 is 0 Å². The Kier molecular flexibility index (Phi) is 5.78. The molecule has 2 N–H and O–H groups in total. The Balaban J connectivity index is 1.50. The number of carbonyl (C=O) groups excluding carboxylic acids is 1. The quantitative estimate of drug-likeness (QED) is 0.814. The second-order valence-corrected chi connectivity index (χ2v) is 7.71. The molecule has 0 saturated heterocycles. The molecule has 0 bridgehead atoms. The third kappa shape index (κ3) is 4.29. The smallest absolute Gasteiger partial charge is 0.319 e. The van der Waals surface area contributed by atoms with Crippen molar-refractivity contribution in [3.63, 3.8) is 0 Å². The van der Waals surface area contributed by atoms with Crippen molar-refractivity contribution in [1.29, 1.82) is 0 Å². The molecule has 4 rings (SSSR count). The number of urea groups is 1. The summed E-state index contributed by atoms with van der Waals surface area (Å²) < 4.78 is 5.71. The first-order valence-corrected chi connectivity index (χ1v) is 10.5. The standard InChI is InChI=1S/C21H29N5O2/c1-2-18-24-25-19(28-18)14-26-13-7-9-15-8-6-12-17(20(15)26)23-21(27)22-16-10-4-3-5-11-16/h6,8,12,16H,2-5,7,9-11,13-14H2,1H3,(H2,22,23,27). The molecule has 1 aromatic carbocycles. The molecule has 1 saturated carbocycles. The highest BCUT2D eigenvalue weighted by molar-refractivity contribution is 5.94. The van der Waals surface area contributed by atoms with Gasteiger partial charge in [-0.05, 0) is 37.3 Å². The molecular weight excluding hydrogens is 354 g/mol. The molecule has 0 spiro atoms. The van der Waals surface area contributed by atoms with Gasteiger partial charge in [0.15, 0.2) is 0 Å². The van der Waals surface area contributed by atoms with Crippen molar-refractivity contribution < 1.29 is 9.21 Å². The summed E-state index contributed by atoms with van der Waals surface area (Å²) in [6, 6.07) is 6.30. The van der Waals surface area contributed by atoms with E-state index in [0.29, 0.717) is 18.3 Å². The van der Waals surface area contributed by atoms with Crippen molar-refractivity contribution in [3.05, 3.63) is 35.5 Å². The van der Waals surface area contributed by atoms with Crippen molar-refractivity contribution in [3.8, 4) is 0 Å². The average molecular weight is 383 g/mol. The summed E-state index contributed by atoms with van der Waals surface area (Å²) in [5.41, 5.74) is 3.17. The van der Waals surface area contributed by atoms with E-state index >= 15 is 0 Å². The molecule has 2 aromatic rings. The Bertz CT molecular complexity index is 813. The number of aryl methyl sites for hydroxylation is 2. The van der Waals surface area contributed by atoms with E-state index in [9.17, 15) is 4.79 Å². The van der Waals surface area contributed by atoms with Crippen LogP contribution in [0.4, 0.5) is 16.2 Å². The van der Waals surface area contributed by atoms with Crippen molar-refractivity contribution in [1.82, 2.24) is 15.5 Å². The van der Waals surface area contributed by atoms with Crippen molar-refractivity contribution in [2.75, 3.05) is 16.8 Å². The topological polar surface area (TPSA) is 83.3 Å². The summed E-state index contributed by atoms with van der Waals surface area (Å²) >= 11 is 0. The van der Waals surface area contributed by atoms with Gasteiger partial charge in [-0.3, -0.25) is 0 Å². The minimum atomic E-state index is -0.114. The zero-order valence-electron chi connectivity index (χ0n) is 16.5. The number of nitrogens with zero attached hydrogens (tertiary/aromatic N) is 3. The van der Waals surface area contributed by atoms with E-state index in [1.165, 1.54) is 24.8 Å². The molecule has 7 heteroatoms. The predicted octanol–water partition coefficient (Wildman–Crippen LogP) is 4.04. The Labute approximate surface area is 165 Å². The van der Waals surface area contributed by atoms with Crippen molar-refractivity contribution >= 4 is 17.4 Å². The molecule has 0 atom stereocenters. The van der Waals surface area contributed by atoms with Crippen LogP contribution in [0, 0.1) is 0 Å². The van der Waals surface area contributed by atoms with Gasteiger partial charge in [0.1, 0.15) is 0 Å². The van der Waals surface area contributed by atoms with Crippen LogP contribution in [0.2, 0.25) is 0 Å². The third-order valence-corrected chi connectivity index (χ3v) is 5.64. The molecule has 7 nitrogen and oxygen atoms in total. The molecule has 2 heterocycles. The van der Waals surface area contributed by atoms with Gasteiger partial charge in [0.25, 0.3) is 0 Å². The van der Waals surface area contributed by atoms with Crippen LogP contribution in [-0.4, -0.2) is 28.8 Å². The van der Waals surface area contributed by atoms with Crippen LogP contribution < -0.4 is 15.5 Å². The molecular formula is C21H29N5O2. The van der Waals surface area contributed by atoms with Crippen molar-refractivity contribution in [2.45, 2.75) is 70.9 Å². The van der Waals surface area contributed by atoms with E-state index in [1.54, 1.807) is 0 Å². The molecule has 0 unspecified atom stereocenters. The Morgan fingerprint density at radius 3 is 2.79 bits per heavy atom. The van der Waals surface area contributed by atoms with Gasteiger partial charge in [-0.1, -0.05) is 38.3 Å². The summed E-state index contributed by atoms with van der Waals surface area (Å²) in [7, 11) is 0. The number of hydrogen-bond donors (Lipinski definition) is 2. The fraction of sp³-hybridized carbons (Fsp3) is 0.571. The van der Waals surface area contributed by atoms with Gasteiger partial charge in [-0.15, -0.1) is 10.2 Å². The fourth-order valence-electron chi connectivity index (χ4n) is 4.25. The number of benzene rings is 1. The summed E-state index contributed by atoms with van der Waals surface area (Å²) in [6.07, 6.45) is 8.63. The molecule has 2 aliphatic rings. The number of hydrogen-bond acceptors (Lipinski definition) is 5. The largest absolute Gasteiger partial charge is 0.423 e. The number of nitrogens with one attached hydrogen (secondary N) is 2. The van der Waals surface area contributed by atoms with Gasteiger partial charge in [-0.25, -0.2) is 4.79 Å². The van der Waals surface area contributed by atoms with E-state index < -0.39 is 0 Å². The minimum absolute atomic E-state index is 0.114. The average Bonchev–Trinajstić information content (AvgIpc) is 3.16. The maximum atomic E-state index is 12.6. The number of aromatic nitrogens is 2. The first-order chi connectivity index (χ1) is 13.7. The Morgan fingerprint density at radius 2 is 2.00 bits per heavy atom. The number of para-hydroxylation sites is 1. The molecule has 28 heavy (non-hydrogen) atoms. The van der Waals surface area contributed by atoms with E-state index in [0.717, 1.165) is 50.0 Å². The number of carbonyl (C=O) groups is 1. The SMILES string of the molecule is CCc1nnc(CN2CCCc3cccc(NC(=O)NC4CCCCC4)c32)o1. The molecule has 1 aliphatic carbocycles. The normalized spacial score (nSPS) is 17.2. The number of amides is 2. The number of fused-ring (bicyclic) bond motifs is 1. The molecule has 150 valence electrons. The van der Waals surface area contributed by atoms with Crippen LogP contribution in [0.5, 0.6) is 0 Å². The fourth-order valence-corrected chi connectivity index (χ4v) is 4.25. The van der Waals surface area contributed by atoms with Gasteiger partial charge < -0.3 is 20.0 Å². The summed E-state index contributed by atoms with van der Waals surface area (Å²) in [4.78, 5) is 14.8. The molecule has 0 radical (unpaired) electrons. The van der Waals surface area contributed by atoms with E-state index in [1.807, 2.05) is 19.1 Å². The summed E-state index contributed by atoms with van der Waals surface area (Å²) in [5, 5.41) is 14.5. The van der Waals surface area contributed by atoms with Gasteiger partial charge in [0.05, 0.1) is 17.9 Å². The van der Waals surface area contributed by atoms with Crippen LogP contribution in [-0.2, 0) is 19.4 Å². The number of rotatable bonds is 5. The summed E-state index contributed by atoms with van der Waals surface area (Å²) in [5.74, 6) is 1.27. The molecule has 1 fully saturated rings. The van der Waals surface area contributed by atoms with E-state index in [4.69, 9.17) is 4.42 Å². The van der Waals surface area contributed by atoms with Crippen LogP contribution in [0.25, 0.3) is 0 Å². The van der Waals surface area contributed by atoms with Crippen LogP contribution in [0.3, 0.4) is 0 Å². The van der Waals surface area contributed by atoms with Gasteiger partial charge in [-0.2, -0.15) is 0 Å². The van der Waals surface area contributed by atoms with Crippen molar-refractivity contribution in [2.24, 2.45) is 0 Å². The second kappa shape index (κ2) is 8.63. The van der Waals surface area contributed by atoms with Gasteiger partial charge >= 0.3 is 6.03 Å². The maximum absolute atomic E-state index is 12.6. The lowest BCUT2D eigenvalue weighted by molar-refractivity contribution is 0.244. The van der Waals surface area contributed by atoms with Crippen LogP contribution in [0.15, 0.2) is 22.6 Å². The zero-order valence-corrected chi connectivity index (χ0v) is 16.5.